The van der Waals surface area contributed by atoms with Crippen LogP contribution in [0.15, 0.2) is 48.5 Å². The molecule has 2 aromatic rings. The van der Waals surface area contributed by atoms with Crippen LogP contribution in [0, 0.1) is 13.8 Å². The summed E-state index contributed by atoms with van der Waals surface area (Å²) in [6, 6.07) is 14.0. The molecule has 2 N–H and O–H groups in total. The van der Waals surface area contributed by atoms with Crippen LogP contribution in [-0.4, -0.2) is 56.7 Å². The van der Waals surface area contributed by atoms with Gasteiger partial charge < -0.3 is 10.6 Å². The monoisotopic (exact) mass is 468 g/mol. The zero-order valence-corrected chi connectivity index (χ0v) is 19.0. The number of aryl methyl sites for hydroxylation is 2. The molecule has 164 valence electrons. The van der Waals surface area contributed by atoms with Gasteiger partial charge in [-0.25, -0.2) is 9.80 Å². The summed E-state index contributed by atoms with van der Waals surface area (Å²) in [7, 11) is 0. The molecular weight excluding hydrogens is 448 g/mol. The predicted octanol–water partition coefficient (Wildman–Crippen LogP) is 1.70. The van der Waals surface area contributed by atoms with Crippen molar-refractivity contribution in [3.63, 3.8) is 0 Å². The molecule has 8 nitrogen and oxygen atoms in total. The van der Waals surface area contributed by atoms with Crippen molar-refractivity contribution in [1.29, 1.82) is 0 Å². The molecule has 0 bridgehead atoms. The molecular formula is C22H20N4O4S2. The topological polar surface area (TPSA) is 98.8 Å². The van der Waals surface area contributed by atoms with Crippen LogP contribution in [-0.2, 0) is 9.59 Å². The van der Waals surface area contributed by atoms with Crippen LogP contribution in [0.2, 0.25) is 0 Å². The summed E-state index contributed by atoms with van der Waals surface area (Å²) in [5.41, 5.74) is 3.05. The molecule has 2 fully saturated rings. The number of benzene rings is 2. The van der Waals surface area contributed by atoms with Crippen molar-refractivity contribution >= 4 is 58.3 Å². The lowest BCUT2D eigenvalue weighted by Gasteiger charge is -2.12. The van der Waals surface area contributed by atoms with Crippen molar-refractivity contribution in [2.24, 2.45) is 0 Å². The minimum absolute atomic E-state index is 0.0937. The first kappa shape index (κ1) is 23.2. The van der Waals surface area contributed by atoms with Gasteiger partial charge in [0.1, 0.15) is 0 Å². The molecule has 0 radical (unpaired) electrons. The first-order valence-corrected chi connectivity index (χ1v) is 10.4. The number of nitrogens with one attached hydrogen (secondary N) is 2. The molecule has 2 aromatic carbocycles. The Bertz CT molecular complexity index is 992. The summed E-state index contributed by atoms with van der Waals surface area (Å²) in [5.74, 6) is -1.37. The van der Waals surface area contributed by atoms with Crippen molar-refractivity contribution in [3.05, 3.63) is 70.8 Å². The molecule has 2 aliphatic rings. The van der Waals surface area contributed by atoms with Gasteiger partial charge in [0.15, 0.2) is 10.2 Å². The highest BCUT2D eigenvalue weighted by atomic mass is 32.1. The maximum absolute atomic E-state index is 12.0. The fraction of sp³-hybridized carbons (Fsp3) is 0.182. The van der Waals surface area contributed by atoms with Gasteiger partial charge in [0.2, 0.25) is 0 Å². The van der Waals surface area contributed by atoms with Crippen molar-refractivity contribution in [2.75, 3.05) is 13.1 Å². The Morgan fingerprint density at radius 2 is 1.00 bits per heavy atom. The van der Waals surface area contributed by atoms with Crippen LogP contribution < -0.4 is 10.6 Å². The number of carbonyl (C=O) groups is 4. The highest BCUT2D eigenvalue weighted by Crippen LogP contribution is 2.11. The summed E-state index contributed by atoms with van der Waals surface area (Å²) in [6.45, 7) is 4.05. The molecule has 0 spiro atoms. The normalized spacial score (nSPS) is 15.2. The Kier molecular flexibility index (Phi) is 7.06. The van der Waals surface area contributed by atoms with Crippen LogP contribution >= 0.6 is 24.4 Å². The van der Waals surface area contributed by atoms with Gasteiger partial charge in [-0.2, -0.15) is 0 Å². The number of amides is 4. The van der Waals surface area contributed by atoms with Crippen molar-refractivity contribution in [3.8, 4) is 0 Å². The van der Waals surface area contributed by atoms with E-state index in [1.807, 2.05) is 38.1 Å². The zero-order chi connectivity index (χ0) is 23.4. The van der Waals surface area contributed by atoms with E-state index in [0.717, 1.165) is 20.9 Å². The SMILES string of the molecule is Cc1ccc(C(=O)N2C(=O)CNC2=S)cc1.Cc1ccc(C(=O)N2C(=O)CNC2=S)cc1. The minimum Gasteiger partial charge on any atom is -0.353 e. The minimum atomic E-state index is -0.375. The average molecular weight is 469 g/mol. The van der Waals surface area contributed by atoms with E-state index < -0.39 is 0 Å². The maximum Gasteiger partial charge on any atom is 0.266 e. The average Bonchev–Trinajstić information content (AvgIpc) is 3.28. The number of hydrogen-bond acceptors (Lipinski definition) is 6. The molecule has 2 heterocycles. The van der Waals surface area contributed by atoms with E-state index in [1.165, 1.54) is 0 Å². The molecule has 2 saturated heterocycles. The lowest BCUT2D eigenvalue weighted by atomic mass is 10.1. The lowest BCUT2D eigenvalue weighted by Crippen LogP contribution is -2.36. The molecule has 32 heavy (non-hydrogen) atoms. The third-order valence-corrected chi connectivity index (χ3v) is 5.34. The first-order chi connectivity index (χ1) is 15.2. The zero-order valence-electron chi connectivity index (χ0n) is 17.4. The Morgan fingerprint density at radius 3 is 1.25 bits per heavy atom. The van der Waals surface area contributed by atoms with Gasteiger partial charge in [-0.3, -0.25) is 19.2 Å². The standard InChI is InChI=1S/2C11H10N2O2S/c2*1-7-2-4-8(5-3-7)10(15)13-9(14)6-12-11(13)16/h2*2-5H,6H2,1H3,(H,12,16). The Hall–Kier alpha value is -3.50. The molecule has 0 atom stereocenters. The highest BCUT2D eigenvalue weighted by molar-refractivity contribution is 7.80. The summed E-state index contributed by atoms with van der Waals surface area (Å²) in [6.07, 6.45) is 0. The molecule has 0 saturated carbocycles. The lowest BCUT2D eigenvalue weighted by molar-refractivity contribution is -0.123. The van der Waals surface area contributed by atoms with Gasteiger partial charge in [0, 0.05) is 11.1 Å². The number of nitrogens with zero attached hydrogens (tertiary/aromatic N) is 2. The maximum atomic E-state index is 12.0. The number of carbonyl (C=O) groups excluding carboxylic acids is 4. The van der Waals surface area contributed by atoms with E-state index in [2.05, 4.69) is 10.6 Å². The molecule has 0 aromatic heterocycles. The largest absolute Gasteiger partial charge is 0.353 e. The number of thiocarbonyl (C=S) groups is 2. The van der Waals surface area contributed by atoms with Gasteiger partial charge in [-0.05, 0) is 62.5 Å². The fourth-order valence-electron chi connectivity index (χ4n) is 2.91. The molecule has 4 rings (SSSR count). The molecule has 4 amide bonds. The summed E-state index contributed by atoms with van der Waals surface area (Å²) in [5, 5.41) is 5.69. The third-order valence-electron chi connectivity index (χ3n) is 4.69. The summed E-state index contributed by atoms with van der Waals surface area (Å²) >= 11 is 9.79. The van der Waals surface area contributed by atoms with Crippen LogP contribution in [0.1, 0.15) is 31.8 Å². The van der Waals surface area contributed by atoms with E-state index in [1.54, 1.807) is 24.3 Å². The Balaban J connectivity index is 0.000000181. The second kappa shape index (κ2) is 9.75. The summed E-state index contributed by atoms with van der Waals surface area (Å²) < 4.78 is 0. The third kappa shape index (κ3) is 5.04. The van der Waals surface area contributed by atoms with Crippen LogP contribution in [0.5, 0.6) is 0 Å². The van der Waals surface area contributed by atoms with Crippen molar-refractivity contribution in [1.82, 2.24) is 20.4 Å². The van der Waals surface area contributed by atoms with Gasteiger partial charge in [-0.1, -0.05) is 35.4 Å². The fourth-order valence-corrected chi connectivity index (χ4v) is 3.42. The highest BCUT2D eigenvalue weighted by Gasteiger charge is 2.32. The van der Waals surface area contributed by atoms with E-state index in [4.69, 9.17) is 24.4 Å². The second-order valence-corrected chi connectivity index (χ2v) is 7.89. The molecule has 0 aliphatic carbocycles. The second-order valence-electron chi connectivity index (χ2n) is 7.12. The van der Waals surface area contributed by atoms with E-state index in [0.29, 0.717) is 11.1 Å². The number of imide groups is 2. The van der Waals surface area contributed by atoms with Crippen LogP contribution in [0.4, 0.5) is 0 Å². The van der Waals surface area contributed by atoms with Crippen LogP contribution in [0.3, 0.4) is 0 Å². The smallest absolute Gasteiger partial charge is 0.266 e. The molecule has 0 unspecified atom stereocenters. The Morgan fingerprint density at radius 1 is 0.688 bits per heavy atom. The molecule has 10 heteroatoms. The van der Waals surface area contributed by atoms with E-state index >= 15 is 0 Å². The van der Waals surface area contributed by atoms with Gasteiger partial charge >= 0.3 is 0 Å². The van der Waals surface area contributed by atoms with E-state index in [9.17, 15) is 19.2 Å². The predicted molar refractivity (Wildman–Crippen MR) is 126 cm³/mol. The van der Waals surface area contributed by atoms with Gasteiger partial charge in [0.25, 0.3) is 23.6 Å². The molecule has 2 aliphatic heterocycles. The quantitative estimate of drug-likeness (QED) is 0.508. The Labute approximate surface area is 195 Å². The van der Waals surface area contributed by atoms with E-state index in [-0.39, 0.29) is 46.9 Å². The van der Waals surface area contributed by atoms with Crippen LogP contribution in [0.25, 0.3) is 0 Å². The number of rotatable bonds is 2. The van der Waals surface area contributed by atoms with Gasteiger partial charge in [0.05, 0.1) is 13.1 Å². The first-order valence-electron chi connectivity index (χ1n) is 9.62. The van der Waals surface area contributed by atoms with Gasteiger partial charge in [-0.15, -0.1) is 0 Å². The number of hydrogen-bond donors (Lipinski definition) is 2. The van der Waals surface area contributed by atoms with Crippen molar-refractivity contribution < 1.29 is 19.2 Å². The van der Waals surface area contributed by atoms with Crippen molar-refractivity contribution in [2.45, 2.75) is 13.8 Å². The summed E-state index contributed by atoms with van der Waals surface area (Å²) in [4.78, 5) is 48.8.